The first kappa shape index (κ1) is 20.5. The quantitative estimate of drug-likeness (QED) is 0.521. The summed E-state index contributed by atoms with van der Waals surface area (Å²) in [6.45, 7) is 2.93. The molecule has 0 amide bonds. The molecule has 2 aliphatic heterocycles. The number of fused-ring (bicyclic) bond motifs is 1. The van der Waals surface area contributed by atoms with Crippen LogP contribution in [0.2, 0.25) is 0 Å². The number of guanidine groups is 1. The van der Waals surface area contributed by atoms with Crippen molar-refractivity contribution in [2.75, 3.05) is 46.6 Å². The van der Waals surface area contributed by atoms with Gasteiger partial charge in [0.25, 0.3) is 0 Å². The summed E-state index contributed by atoms with van der Waals surface area (Å²) >= 11 is 0. The largest absolute Gasteiger partial charge is 0.454 e. The van der Waals surface area contributed by atoms with Crippen LogP contribution in [-0.4, -0.2) is 75.3 Å². The summed E-state index contributed by atoms with van der Waals surface area (Å²) in [6, 6.07) is 7.51. The molecule has 1 fully saturated rings. The Morgan fingerprint density at radius 2 is 1.97 bits per heavy atom. The average Bonchev–Trinajstić information content (AvgIpc) is 3.42. The van der Waals surface area contributed by atoms with Gasteiger partial charge in [0, 0.05) is 45.8 Å². The van der Waals surface area contributed by atoms with Gasteiger partial charge >= 0.3 is 0 Å². The van der Waals surface area contributed by atoms with Crippen molar-refractivity contribution in [3.63, 3.8) is 0 Å². The lowest BCUT2D eigenvalue weighted by molar-refractivity contribution is 0.174. The topological polar surface area (TPSA) is 110 Å². The molecule has 0 aliphatic carbocycles. The van der Waals surface area contributed by atoms with E-state index in [4.69, 9.17) is 14.0 Å². The summed E-state index contributed by atoms with van der Waals surface area (Å²) in [5, 5.41) is 7.05. The molecule has 162 valence electrons. The molecule has 1 aromatic carbocycles. The van der Waals surface area contributed by atoms with E-state index in [9.17, 15) is 8.42 Å². The molecule has 0 saturated carbocycles. The van der Waals surface area contributed by atoms with Crippen molar-refractivity contribution in [3.05, 3.63) is 41.8 Å². The summed E-state index contributed by atoms with van der Waals surface area (Å²) in [7, 11) is -1.69. The lowest BCUT2D eigenvalue weighted by Gasteiger charge is -2.35. The number of benzene rings is 1. The van der Waals surface area contributed by atoms with E-state index < -0.39 is 10.0 Å². The number of hydrogen-bond donors (Lipinski definition) is 1. The van der Waals surface area contributed by atoms with E-state index in [-0.39, 0.29) is 12.5 Å². The number of nitrogens with zero attached hydrogens (tertiary/aromatic N) is 4. The smallest absolute Gasteiger partial charge is 0.231 e. The predicted molar refractivity (Wildman–Crippen MR) is 110 cm³/mol. The summed E-state index contributed by atoms with van der Waals surface area (Å²) in [5.41, 5.74) is 1.56. The Bertz CT molecular complexity index is 985. The van der Waals surface area contributed by atoms with Gasteiger partial charge in [0.15, 0.2) is 17.5 Å². The van der Waals surface area contributed by atoms with E-state index in [1.165, 1.54) is 10.6 Å². The molecule has 0 radical (unpaired) electrons. The van der Waals surface area contributed by atoms with Crippen LogP contribution < -0.4 is 14.8 Å². The number of aliphatic imine (C=N–C) groups is 1. The van der Waals surface area contributed by atoms with Crippen LogP contribution in [0.1, 0.15) is 11.3 Å². The molecular formula is C19H25N5O5S. The minimum Gasteiger partial charge on any atom is -0.454 e. The van der Waals surface area contributed by atoms with Gasteiger partial charge in [-0.1, -0.05) is 11.2 Å². The van der Waals surface area contributed by atoms with Crippen molar-refractivity contribution in [1.29, 1.82) is 0 Å². The number of sulfonamides is 1. The molecule has 0 unspecified atom stereocenters. The third-order valence-electron chi connectivity index (χ3n) is 5.10. The lowest BCUT2D eigenvalue weighted by atomic mass is 10.1. The number of nitrogens with one attached hydrogen (secondary N) is 1. The van der Waals surface area contributed by atoms with Gasteiger partial charge in [0.2, 0.25) is 16.8 Å². The Hall–Kier alpha value is -2.79. The van der Waals surface area contributed by atoms with Crippen LogP contribution in [0, 0.1) is 0 Å². The van der Waals surface area contributed by atoms with Crippen molar-refractivity contribution < 1.29 is 22.4 Å². The van der Waals surface area contributed by atoms with Crippen molar-refractivity contribution in [3.8, 4) is 11.5 Å². The van der Waals surface area contributed by atoms with Gasteiger partial charge in [-0.25, -0.2) is 8.42 Å². The molecule has 0 atom stereocenters. The van der Waals surface area contributed by atoms with Gasteiger partial charge in [-0.2, -0.15) is 4.31 Å². The van der Waals surface area contributed by atoms with E-state index in [1.807, 2.05) is 18.2 Å². The highest BCUT2D eigenvalue weighted by molar-refractivity contribution is 7.88. The Labute approximate surface area is 175 Å². The van der Waals surface area contributed by atoms with Crippen LogP contribution in [0.15, 0.2) is 40.0 Å². The molecule has 11 heteroatoms. The van der Waals surface area contributed by atoms with E-state index >= 15 is 0 Å². The lowest BCUT2D eigenvalue weighted by Crippen LogP contribution is -2.54. The highest BCUT2D eigenvalue weighted by Gasteiger charge is 2.29. The fraction of sp³-hybridized carbons (Fsp3) is 0.474. The van der Waals surface area contributed by atoms with Crippen LogP contribution in [0.3, 0.4) is 0 Å². The SMILES string of the molecule is CN=C(NCCc1ccc2c(c1)OCO2)N1CCN(S(=O)(=O)Cc2ccon2)CC1. The molecule has 1 saturated heterocycles. The van der Waals surface area contributed by atoms with Gasteiger partial charge in [-0.3, -0.25) is 4.99 Å². The molecule has 0 spiro atoms. The second-order valence-corrected chi connectivity index (χ2v) is 9.01. The van der Waals surface area contributed by atoms with E-state index in [1.54, 1.807) is 13.1 Å². The van der Waals surface area contributed by atoms with E-state index in [0.29, 0.717) is 38.4 Å². The van der Waals surface area contributed by atoms with Gasteiger partial charge in [0.1, 0.15) is 12.0 Å². The molecule has 30 heavy (non-hydrogen) atoms. The third-order valence-corrected chi connectivity index (χ3v) is 6.91. The van der Waals surface area contributed by atoms with Crippen molar-refractivity contribution in [2.45, 2.75) is 12.2 Å². The molecular weight excluding hydrogens is 410 g/mol. The Kier molecular flexibility index (Phi) is 6.09. The minimum atomic E-state index is -3.42. The van der Waals surface area contributed by atoms with Gasteiger partial charge in [0.05, 0.1) is 5.69 Å². The van der Waals surface area contributed by atoms with Crippen LogP contribution in [-0.2, 0) is 22.2 Å². The molecule has 3 heterocycles. The first-order chi connectivity index (χ1) is 14.5. The highest BCUT2D eigenvalue weighted by atomic mass is 32.2. The first-order valence-electron chi connectivity index (χ1n) is 9.76. The molecule has 10 nitrogen and oxygen atoms in total. The zero-order valence-electron chi connectivity index (χ0n) is 16.8. The van der Waals surface area contributed by atoms with Crippen LogP contribution in [0.25, 0.3) is 0 Å². The number of rotatable bonds is 6. The Morgan fingerprint density at radius 1 is 1.17 bits per heavy atom. The third kappa shape index (κ3) is 4.68. The van der Waals surface area contributed by atoms with Crippen molar-refractivity contribution in [2.24, 2.45) is 4.99 Å². The fourth-order valence-corrected chi connectivity index (χ4v) is 4.94. The number of ether oxygens (including phenoxy) is 2. The Balaban J connectivity index is 1.26. The van der Waals surface area contributed by atoms with Crippen molar-refractivity contribution >= 4 is 16.0 Å². The normalized spacial score (nSPS) is 17.4. The zero-order valence-corrected chi connectivity index (χ0v) is 17.6. The number of aromatic nitrogens is 1. The Morgan fingerprint density at radius 3 is 2.70 bits per heavy atom. The summed E-state index contributed by atoms with van der Waals surface area (Å²) in [6.07, 6.45) is 2.18. The average molecular weight is 436 g/mol. The monoisotopic (exact) mass is 435 g/mol. The van der Waals surface area contributed by atoms with Gasteiger partial charge < -0.3 is 24.2 Å². The summed E-state index contributed by atoms with van der Waals surface area (Å²) in [4.78, 5) is 6.42. The summed E-state index contributed by atoms with van der Waals surface area (Å²) in [5.74, 6) is 2.18. The standard InChI is InChI=1S/C19H25N5O5S/c1-20-19(21-6-4-15-2-3-17-18(12-15)28-14-27-17)23-7-9-24(10-8-23)30(25,26)13-16-5-11-29-22-16/h2-3,5,11-12H,4,6-10,13-14H2,1H3,(H,20,21). The molecule has 0 bridgehead atoms. The van der Waals surface area contributed by atoms with E-state index in [0.717, 1.165) is 29.4 Å². The molecule has 1 N–H and O–H groups in total. The first-order valence-corrected chi connectivity index (χ1v) is 11.4. The van der Waals surface area contributed by atoms with E-state index in [2.05, 4.69) is 20.4 Å². The maximum Gasteiger partial charge on any atom is 0.231 e. The second kappa shape index (κ2) is 8.92. The van der Waals surface area contributed by atoms with Crippen LogP contribution in [0.4, 0.5) is 0 Å². The molecule has 4 rings (SSSR count). The zero-order chi connectivity index (χ0) is 21.0. The molecule has 2 aliphatic rings. The second-order valence-electron chi connectivity index (χ2n) is 7.04. The maximum absolute atomic E-state index is 12.6. The number of hydrogen-bond acceptors (Lipinski definition) is 7. The molecule has 1 aromatic heterocycles. The number of piperazine rings is 1. The van der Waals surface area contributed by atoms with Gasteiger partial charge in [-0.15, -0.1) is 0 Å². The van der Waals surface area contributed by atoms with Gasteiger partial charge in [-0.05, 0) is 24.1 Å². The highest BCUT2D eigenvalue weighted by Crippen LogP contribution is 2.32. The predicted octanol–water partition coefficient (Wildman–Crippen LogP) is 0.669. The maximum atomic E-state index is 12.6. The van der Waals surface area contributed by atoms with Crippen LogP contribution >= 0.6 is 0 Å². The van der Waals surface area contributed by atoms with Crippen molar-refractivity contribution in [1.82, 2.24) is 19.7 Å². The van der Waals surface area contributed by atoms with Crippen LogP contribution in [0.5, 0.6) is 11.5 Å². The fourth-order valence-electron chi connectivity index (χ4n) is 3.52. The summed E-state index contributed by atoms with van der Waals surface area (Å²) < 4.78 is 42.1. The minimum absolute atomic E-state index is 0.147. The molecule has 2 aromatic rings.